The highest BCUT2D eigenvalue weighted by Crippen LogP contribution is 2.37. The number of nitrogens with one attached hydrogen (secondary N) is 1. The predicted octanol–water partition coefficient (Wildman–Crippen LogP) is 2.76. The average molecular weight is 328 g/mol. The van der Waals surface area contributed by atoms with E-state index in [0.29, 0.717) is 5.92 Å². The lowest BCUT2D eigenvalue weighted by molar-refractivity contribution is 0.00578. The lowest BCUT2D eigenvalue weighted by atomic mass is 9.75. The molecule has 3 heterocycles. The summed E-state index contributed by atoms with van der Waals surface area (Å²) < 4.78 is 18.2. The van der Waals surface area contributed by atoms with Crippen LogP contribution in [0.4, 0.5) is 0 Å². The molecule has 0 spiro atoms. The lowest BCUT2D eigenvalue weighted by Gasteiger charge is -2.32. The summed E-state index contributed by atoms with van der Waals surface area (Å²) in [5.74, 6) is 0.330. The Kier molecular flexibility index (Phi) is 3.75. The van der Waals surface area contributed by atoms with Crippen LogP contribution < -0.4 is 5.46 Å². The van der Waals surface area contributed by atoms with Crippen LogP contribution >= 0.6 is 0 Å². The Morgan fingerprint density at radius 3 is 2.58 bits per heavy atom. The number of H-pyrrole nitrogens is 1. The zero-order valence-corrected chi connectivity index (χ0v) is 14.9. The second kappa shape index (κ2) is 5.58. The first-order valence-electron chi connectivity index (χ1n) is 8.79. The molecule has 1 unspecified atom stereocenters. The normalized spacial score (nSPS) is 26.2. The van der Waals surface area contributed by atoms with Gasteiger partial charge in [-0.15, -0.1) is 0 Å². The third-order valence-electron chi connectivity index (χ3n) is 5.70. The molecule has 1 atom stereocenters. The maximum absolute atomic E-state index is 6.27. The molecule has 0 saturated carbocycles. The molecule has 0 radical (unpaired) electrons. The SMILES string of the molecule is CC1(C)OB(c2cccc3[nH]nc(C4CCCOC4)c23)OC1(C)C. The average Bonchev–Trinajstić information content (AvgIpc) is 3.06. The van der Waals surface area contributed by atoms with Crippen LogP contribution in [-0.4, -0.2) is 41.7 Å². The van der Waals surface area contributed by atoms with Gasteiger partial charge in [-0.1, -0.05) is 12.1 Å². The minimum absolute atomic E-state index is 0.330. The Morgan fingerprint density at radius 1 is 1.17 bits per heavy atom. The summed E-state index contributed by atoms with van der Waals surface area (Å²) in [5.41, 5.74) is 2.47. The molecule has 2 aromatic rings. The lowest BCUT2D eigenvalue weighted by Crippen LogP contribution is -2.41. The van der Waals surface area contributed by atoms with Crippen LogP contribution in [0.2, 0.25) is 0 Å². The zero-order valence-electron chi connectivity index (χ0n) is 14.9. The largest absolute Gasteiger partial charge is 0.495 e. The third kappa shape index (κ3) is 2.48. The van der Waals surface area contributed by atoms with Gasteiger partial charge in [-0.2, -0.15) is 5.10 Å². The van der Waals surface area contributed by atoms with Crippen LogP contribution in [0.25, 0.3) is 10.9 Å². The summed E-state index contributed by atoms with van der Waals surface area (Å²) in [7, 11) is -0.375. The van der Waals surface area contributed by atoms with Crippen LogP contribution in [0.15, 0.2) is 18.2 Å². The fraction of sp³-hybridized carbons (Fsp3) is 0.611. The van der Waals surface area contributed by atoms with Crippen molar-refractivity contribution in [3.05, 3.63) is 23.9 Å². The maximum atomic E-state index is 6.27. The molecular formula is C18H25BN2O3. The van der Waals surface area contributed by atoms with Gasteiger partial charge < -0.3 is 14.0 Å². The van der Waals surface area contributed by atoms with Gasteiger partial charge in [0.25, 0.3) is 0 Å². The van der Waals surface area contributed by atoms with Crippen molar-refractivity contribution in [2.75, 3.05) is 13.2 Å². The van der Waals surface area contributed by atoms with Gasteiger partial charge in [0.1, 0.15) is 0 Å². The molecule has 1 N–H and O–H groups in total. The summed E-state index contributed by atoms with van der Waals surface area (Å²) >= 11 is 0. The monoisotopic (exact) mass is 328 g/mol. The molecule has 0 aliphatic carbocycles. The van der Waals surface area contributed by atoms with E-state index in [1.54, 1.807) is 0 Å². The zero-order chi connectivity index (χ0) is 16.9. The van der Waals surface area contributed by atoms with Crippen molar-refractivity contribution in [1.29, 1.82) is 0 Å². The van der Waals surface area contributed by atoms with E-state index >= 15 is 0 Å². The van der Waals surface area contributed by atoms with Gasteiger partial charge in [0.05, 0.1) is 29.0 Å². The molecule has 5 nitrogen and oxygen atoms in total. The molecule has 0 amide bonds. The molecule has 24 heavy (non-hydrogen) atoms. The Labute approximate surface area is 143 Å². The highest BCUT2D eigenvalue weighted by molar-refractivity contribution is 6.65. The quantitative estimate of drug-likeness (QED) is 0.862. The molecule has 2 saturated heterocycles. The van der Waals surface area contributed by atoms with Gasteiger partial charge in [0, 0.05) is 17.9 Å². The van der Waals surface area contributed by atoms with Crippen molar-refractivity contribution in [3.63, 3.8) is 0 Å². The fourth-order valence-corrected chi connectivity index (χ4v) is 3.54. The standard InChI is InChI=1S/C18H25BN2O3/c1-17(2)18(3,4)24-19(23-17)13-8-5-9-14-15(13)16(21-20-14)12-7-6-10-22-11-12/h5,8-9,12H,6-7,10-11H2,1-4H3,(H,20,21). The van der Waals surface area contributed by atoms with Crippen LogP contribution in [0.5, 0.6) is 0 Å². The molecule has 0 bridgehead atoms. The van der Waals surface area contributed by atoms with E-state index in [-0.39, 0.29) is 18.3 Å². The number of ether oxygens (including phenoxy) is 1. The van der Waals surface area contributed by atoms with Crippen LogP contribution in [0.1, 0.15) is 52.1 Å². The Balaban J connectivity index is 1.77. The van der Waals surface area contributed by atoms with E-state index in [1.807, 2.05) is 6.07 Å². The second-order valence-corrected chi connectivity index (χ2v) is 7.88. The Bertz CT molecular complexity index is 734. The minimum atomic E-state index is -0.375. The van der Waals surface area contributed by atoms with Crippen molar-refractivity contribution in [2.24, 2.45) is 0 Å². The van der Waals surface area contributed by atoms with Crippen molar-refractivity contribution < 1.29 is 14.0 Å². The predicted molar refractivity (Wildman–Crippen MR) is 94.6 cm³/mol. The van der Waals surface area contributed by atoms with Crippen LogP contribution in [0, 0.1) is 0 Å². The van der Waals surface area contributed by atoms with E-state index in [2.05, 4.69) is 50.0 Å². The molecule has 1 aromatic heterocycles. The molecule has 2 fully saturated rings. The highest BCUT2D eigenvalue weighted by Gasteiger charge is 2.52. The van der Waals surface area contributed by atoms with Gasteiger partial charge in [0.15, 0.2) is 0 Å². The fourth-order valence-electron chi connectivity index (χ4n) is 3.54. The van der Waals surface area contributed by atoms with Crippen molar-refractivity contribution in [2.45, 2.75) is 57.7 Å². The molecular weight excluding hydrogens is 303 g/mol. The van der Waals surface area contributed by atoms with Gasteiger partial charge in [-0.3, -0.25) is 5.10 Å². The van der Waals surface area contributed by atoms with E-state index in [9.17, 15) is 0 Å². The van der Waals surface area contributed by atoms with E-state index < -0.39 is 0 Å². The summed E-state index contributed by atoms with van der Waals surface area (Å²) in [5, 5.41) is 8.91. The first-order valence-corrected chi connectivity index (χ1v) is 8.79. The third-order valence-corrected chi connectivity index (χ3v) is 5.70. The molecule has 128 valence electrons. The molecule has 2 aliphatic rings. The number of hydrogen-bond donors (Lipinski definition) is 1. The van der Waals surface area contributed by atoms with Crippen molar-refractivity contribution in [1.82, 2.24) is 10.2 Å². The van der Waals surface area contributed by atoms with Crippen molar-refractivity contribution in [3.8, 4) is 0 Å². The minimum Gasteiger partial charge on any atom is -0.399 e. The Morgan fingerprint density at radius 2 is 1.92 bits per heavy atom. The second-order valence-electron chi connectivity index (χ2n) is 7.88. The smallest absolute Gasteiger partial charge is 0.399 e. The van der Waals surface area contributed by atoms with E-state index in [0.717, 1.165) is 48.1 Å². The maximum Gasteiger partial charge on any atom is 0.495 e. The number of rotatable bonds is 2. The van der Waals surface area contributed by atoms with Gasteiger partial charge in [-0.25, -0.2) is 0 Å². The van der Waals surface area contributed by atoms with Crippen molar-refractivity contribution >= 4 is 23.5 Å². The topological polar surface area (TPSA) is 56.4 Å². The number of benzene rings is 1. The molecule has 2 aliphatic heterocycles. The number of aromatic amines is 1. The van der Waals surface area contributed by atoms with Crippen LogP contribution in [0.3, 0.4) is 0 Å². The van der Waals surface area contributed by atoms with Crippen LogP contribution in [-0.2, 0) is 14.0 Å². The van der Waals surface area contributed by atoms with E-state index in [1.165, 1.54) is 0 Å². The number of aromatic nitrogens is 2. The summed E-state index contributed by atoms with van der Waals surface area (Å²) in [6.07, 6.45) is 2.19. The van der Waals surface area contributed by atoms with Gasteiger partial charge >= 0.3 is 7.12 Å². The summed E-state index contributed by atoms with van der Waals surface area (Å²) in [6.45, 7) is 9.91. The number of nitrogens with zero attached hydrogens (tertiary/aromatic N) is 1. The molecule has 1 aromatic carbocycles. The number of hydrogen-bond acceptors (Lipinski definition) is 4. The number of fused-ring (bicyclic) bond motifs is 1. The summed E-state index contributed by atoms with van der Waals surface area (Å²) in [6, 6.07) is 6.18. The first-order chi connectivity index (χ1) is 11.4. The Hall–Kier alpha value is -1.37. The van der Waals surface area contributed by atoms with E-state index in [4.69, 9.17) is 14.0 Å². The van der Waals surface area contributed by atoms with Gasteiger partial charge in [-0.05, 0) is 52.1 Å². The van der Waals surface area contributed by atoms with Gasteiger partial charge in [0.2, 0.25) is 0 Å². The first kappa shape index (κ1) is 16.1. The summed E-state index contributed by atoms with van der Waals surface area (Å²) in [4.78, 5) is 0. The molecule has 6 heteroatoms. The molecule has 4 rings (SSSR count). The highest BCUT2D eigenvalue weighted by atomic mass is 16.7.